The minimum atomic E-state index is -3.46. The van der Waals surface area contributed by atoms with Crippen LogP contribution in [0.4, 0.5) is 0 Å². The zero-order valence-electron chi connectivity index (χ0n) is 10.8. The van der Waals surface area contributed by atoms with Crippen molar-refractivity contribution in [3.8, 4) is 0 Å². The number of hydrogen-bond donors (Lipinski definition) is 2. The maximum Gasteiger partial charge on any atom is 0.240 e. The van der Waals surface area contributed by atoms with Crippen LogP contribution in [-0.4, -0.2) is 21.5 Å². The molecule has 0 aromatic heterocycles. The molecule has 0 bridgehead atoms. The van der Waals surface area contributed by atoms with Crippen LogP contribution in [0.3, 0.4) is 0 Å². The molecule has 2 aromatic carbocycles. The Kier molecular flexibility index (Phi) is 6.23. The van der Waals surface area contributed by atoms with Crippen LogP contribution in [0, 0.1) is 0 Å². The lowest BCUT2D eigenvalue weighted by Crippen LogP contribution is -3.00. The van der Waals surface area contributed by atoms with Crippen molar-refractivity contribution in [2.75, 3.05) is 13.1 Å². The van der Waals surface area contributed by atoms with Gasteiger partial charge < -0.3 is 18.1 Å². The van der Waals surface area contributed by atoms with Gasteiger partial charge in [0.05, 0.1) is 11.4 Å². The summed E-state index contributed by atoms with van der Waals surface area (Å²) in [6, 6.07) is 10.4. The van der Waals surface area contributed by atoms with E-state index in [4.69, 9.17) is 11.6 Å². The number of fused-ring (bicyclic) bond motifs is 1. The van der Waals surface area contributed by atoms with Gasteiger partial charge in [0.25, 0.3) is 0 Å². The molecule has 0 fully saturated rings. The highest BCUT2D eigenvalue weighted by molar-refractivity contribution is 7.89. The first-order valence-electron chi connectivity index (χ1n) is 6.02. The van der Waals surface area contributed by atoms with E-state index >= 15 is 0 Å². The van der Waals surface area contributed by atoms with Crippen LogP contribution >= 0.6 is 11.6 Å². The third kappa shape index (κ3) is 3.84. The van der Waals surface area contributed by atoms with Crippen molar-refractivity contribution >= 4 is 32.4 Å². The van der Waals surface area contributed by atoms with Gasteiger partial charge in [0.1, 0.15) is 0 Å². The monoisotopic (exact) mass is 334 g/mol. The molecule has 0 aliphatic carbocycles. The van der Waals surface area contributed by atoms with Crippen LogP contribution in [-0.2, 0) is 10.0 Å². The SMILES string of the molecule is [Cl-].[NH3+]CCCNS(=O)(=O)c1ccc2c(Cl)cccc2c1. The summed E-state index contributed by atoms with van der Waals surface area (Å²) in [4.78, 5) is 0.256. The molecule has 0 saturated carbocycles. The van der Waals surface area contributed by atoms with Gasteiger partial charge in [-0.25, -0.2) is 13.1 Å². The van der Waals surface area contributed by atoms with Crippen LogP contribution in [0.2, 0.25) is 5.02 Å². The lowest BCUT2D eigenvalue weighted by Gasteiger charge is -2.07. The molecule has 110 valence electrons. The molecule has 0 spiro atoms. The molecule has 7 heteroatoms. The van der Waals surface area contributed by atoms with E-state index < -0.39 is 10.0 Å². The van der Waals surface area contributed by atoms with E-state index in [0.717, 1.165) is 17.2 Å². The van der Waals surface area contributed by atoms with Gasteiger partial charge in [0, 0.05) is 23.4 Å². The molecule has 0 heterocycles. The summed E-state index contributed by atoms with van der Waals surface area (Å²) in [5.41, 5.74) is 3.68. The third-order valence-corrected chi connectivity index (χ3v) is 4.62. The first kappa shape index (κ1) is 17.2. The third-order valence-electron chi connectivity index (χ3n) is 2.83. The van der Waals surface area contributed by atoms with Crippen LogP contribution < -0.4 is 22.9 Å². The number of rotatable bonds is 5. The molecule has 0 saturated heterocycles. The van der Waals surface area contributed by atoms with Gasteiger partial charge in [-0.05, 0) is 23.6 Å². The number of halogens is 2. The fraction of sp³-hybridized carbons (Fsp3) is 0.231. The molecule has 2 rings (SSSR count). The Morgan fingerprint density at radius 1 is 1.20 bits per heavy atom. The normalized spacial score (nSPS) is 11.3. The number of sulfonamides is 1. The van der Waals surface area contributed by atoms with Crippen LogP contribution in [0.15, 0.2) is 41.3 Å². The van der Waals surface area contributed by atoms with Crippen LogP contribution in [0.25, 0.3) is 10.8 Å². The van der Waals surface area contributed by atoms with E-state index in [9.17, 15) is 8.42 Å². The van der Waals surface area contributed by atoms with Crippen molar-refractivity contribution in [1.82, 2.24) is 4.72 Å². The highest BCUT2D eigenvalue weighted by Crippen LogP contribution is 2.25. The van der Waals surface area contributed by atoms with E-state index in [1.165, 1.54) is 0 Å². The molecule has 4 N–H and O–H groups in total. The van der Waals surface area contributed by atoms with Crippen molar-refractivity contribution in [2.45, 2.75) is 11.3 Å². The quantitative estimate of drug-likeness (QED) is 0.647. The molecule has 20 heavy (non-hydrogen) atoms. The van der Waals surface area contributed by atoms with Gasteiger partial charge in [-0.15, -0.1) is 0 Å². The highest BCUT2D eigenvalue weighted by atomic mass is 35.5. The van der Waals surface area contributed by atoms with Gasteiger partial charge in [0.15, 0.2) is 0 Å². The zero-order chi connectivity index (χ0) is 13.9. The van der Waals surface area contributed by atoms with Crippen molar-refractivity contribution in [1.29, 1.82) is 0 Å². The molecule has 0 aliphatic heterocycles. The molecule has 0 unspecified atom stereocenters. The van der Waals surface area contributed by atoms with E-state index in [0.29, 0.717) is 18.1 Å². The van der Waals surface area contributed by atoms with Crippen molar-refractivity contribution in [3.63, 3.8) is 0 Å². The molecular weight excluding hydrogens is 319 g/mol. The average Bonchev–Trinajstić information content (AvgIpc) is 2.39. The van der Waals surface area contributed by atoms with Crippen LogP contribution in [0.1, 0.15) is 6.42 Å². The van der Waals surface area contributed by atoms with E-state index in [1.807, 2.05) is 6.07 Å². The van der Waals surface area contributed by atoms with Crippen molar-refractivity contribution < 1.29 is 26.6 Å². The summed E-state index contributed by atoms with van der Waals surface area (Å²) in [5.74, 6) is 0. The molecule has 2 aromatic rings. The fourth-order valence-electron chi connectivity index (χ4n) is 1.80. The number of nitrogens with one attached hydrogen (secondary N) is 1. The first-order chi connectivity index (χ1) is 9.04. The topological polar surface area (TPSA) is 73.8 Å². The largest absolute Gasteiger partial charge is 1.00 e. The molecule has 0 radical (unpaired) electrons. The lowest BCUT2D eigenvalue weighted by molar-refractivity contribution is -0.367. The standard InChI is InChI=1S/C13H15ClN2O2S.ClH/c14-13-4-1-3-10-9-11(5-6-12(10)13)19(17,18)16-8-2-7-15;/h1,3-6,9,16H,2,7-8,15H2;1H. The molecular formula is C13H16Cl2N2O2S. The van der Waals surface area contributed by atoms with Crippen LogP contribution in [0.5, 0.6) is 0 Å². The Morgan fingerprint density at radius 3 is 2.65 bits per heavy atom. The average molecular weight is 335 g/mol. The highest BCUT2D eigenvalue weighted by Gasteiger charge is 2.14. The summed E-state index contributed by atoms with van der Waals surface area (Å²) in [7, 11) is -3.46. The summed E-state index contributed by atoms with van der Waals surface area (Å²) < 4.78 is 26.7. The molecule has 4 nitrogen and oxygen atoms in total. The second kappa shape index (κ2) is 7.24. The predicted octanol–water partition coefficient (Wildman–Crippen LogP) is -1.59. The minimum Gasteiger partial charge on any atom is -1.00 e. The Balaban J connectivity index is 0.00000200. The first-order valence-corrected chi connectivity index (χ1v) is 7.88. The second-order valence-corrected chi connectivity index (χ2v) is 6.40. The summed E-state index contributed by atoms with van der Waals surface area (Å²) in [6.45, 7) is 1.11. The Labute approximate surface area is 129 Å². The second-order valence-electron chi connectivity index (χ2n) is 4.23. The molecule has 0 amide bonds. The molecule has 0 atom stereocenters. The molecule has 0 aliphatic rings. The lowest BCUT2D eigenvalue weighted by atomic mass is 10.1. The smallest absolute Gasteiger partial charge is 0.240 e. The van der Waals surface area contributed by atoms with Crippen molar-refractivity contribution in [2.24, 2.45) is 0 Å². The van der Waals surface area contributed by atoms with E-state index in [1.54, 1.807) is 30.3 Å². The van der Waals surface area contributed by atoms with Gasteiger partial charge >= 0.3 is 0 Å². The minimum absolute atomic E-state index is 0. The Hall–Kier alpha value is -0.850. The van der Waals surface area contributed by atoms with Gasteiger partial charge in [-0.3, -0.25) is 0 Å². The number of hydrogen-bond acceptors (Lipinski definition) is 2. The zero-order valence-corrected chi connectivity index (χ0v) is 13.1. The van der Waals surface area contributed by atoms with Crippen molar-refractivity contribution in [3.05, 3.63) is 41.4 Å². The predicted molar refractivity (Wildman–Crippen MR) is 76.5 cm³/mol. The maximum atomic E-state index is 12.1. The maximum absolute atomic E-state index is 12.1. The van der Waals surface area contributed by atoms with E-state index in [-0.39, 0.29) is 17.3 Å². The summed E-state index contributed by atoms with van der Waals surface area (Å²) >= 11 is 6.05. The van der Waals surface area contributed by atoms with Gasteiger partial charge in [-0.2, -0.15) is 0 Å². The fourth-order valence-corrected chi connectivity index (χ4v) is 3.16. The summed E-state index contributed by atoms with van der Waals surface area (Å²) in [6.07, 6.45) is 0.721. The van der Waals surface area contributed by atoms with Gasteiger partial charge in [-0.1, -0.05) is 29.8 Å². The van der Waals surface area contributed by atoms with E-state index in [2.05, 4.69) is 10.5 Å². The number of quaternary nitrogens is 1. The summed E-state index contributed by atoms with van der Waals surface area (Å²) in [5, 5.41) is 2.28. The Bertz CT molecular complexity index is 690. The number of benzene rings is 2. The Morgan fingerprint density at radius 2 is 1.95 bits per heavy atom. The van der Waals surface area contributed by atoms with Gasteiger partial charge in [0.2, 0.25) is 10.0 Å².